The summed E-state index contributed by atoms with van der Waals surface area (Å²) in [5, 5.41) is 0. The summed E-state index contributed by atoms with van der Waals surface area (Å²) in [5.41, 5.74) is 0. The van der Waals surface area contributed by atoms with E-state index in [2.05, 4.69) is 15.9 Å². The van der Waals surface area contributed by atoms with Gasteiger partial charge in [-0.25, -0.2) is 4.39 Å². The van der Waals surface area contributed by atoms with Gasteiger partial charge >= 0.3 is 0 Å². The van der Waals surface area contributed by atoms with Crippen LogP contribution < -0.4 is 9.47 Å². The molecule has 1 saturated carbocycles. The van der Waals surface area contributed by atoms with Crippen LogP contribution in [0.15, 0.2) is 16.6 Å². The number of ether oxygens (including phenoxy) is 2. The largest absolute Gasteiger partial charge is 0.493 e. The second-order valence-corrected chi connectivity index (χ2v) is 4.45. The molecule has 0 spiro atoms. The molecule has 0 heterocycles. The lowest BCUT2D eigenvalue weighted by molar-refractivity contribution is 0.119. The standard InChI is InChI=1S/C11H12BrFO2/c1-14-10-6-8(5-9(12)11(10)13)15-7-3-2-4-7/h5-7H,2-4H2,1H3. The predicted octanol–water partition coefficient (Wildman–Crippen LogP) is 3.53. The third-order valence-electron chi connectivity index (χ3n) is 2.54. The molecule has 15 heavy (non-hydrogen) atoms. The molecule has 1 aliphatic rings. The molecule has 2 nitrogen and oxygen atoms in total. The maximum atomic E-state index is 13.4. The first-order valence-electron chi connectivity index (χ1n) is 4.90. The Kier molecular flexibility index (Phi) is 3.14. The zero-order valence-electron chi connectivity index (χ0n) is 8.43. The van der Waals surface area contributed by atoms with Crippen molar-refractivity contribution in [1.82, 2.24) is 0 Å². The van der Waals surface area contributed by atoms with Crippen LogP contribution >= 0.6 is 15.9 Å². The van der Waals surface area contributed by atoms with Crippen LogP contribution in [-0.2, 0) is 0 Å². The Morgan fingerprint density at radius 2 is 2.13 bits per heavy atom. The van der Waals surface area contributed by atoms with Crippen molar-refractivity contribution in [2.24, 2.45) is 0 Å². The van der Waals surface area contributed by atoms with E-state index in [0.717, 1.165) is 12.8 Å². The van der Waals surface area contributed by atoms with Crippen LogP contribution in [-0.4, -0.2) is 13.2 Å². The molecule has 82 valence electrons. The van der Waals surface area contributed by atoms with E-state index in [-0.39, 0.29) is 11.9 Å². The molecular formula is C11H12BrFO2. The van der Waals surface area contributed by atoms with Crippen LogP contribution in [0.25, 0.3) is 0 Å². The highest BCUT2D eigenvalue weighted by Crippen LogP contribution is 2.33. The maximum Gasteiger partial charge on any atom is 0.179 e. The van der Waals surface area contributed by atoms with Gasteiger partial charge in [0.25, 0.3) is 0 Å². The van der Waals surface area contributed by atoms with Gasteiger partial charge in [0.2, 0.25) is 0 Å². The van der Waals surface area contributed by atoms with Crippen LogP contribution in [0.5, 0.6) is 11.5 Å². The molecule has 0 radical (unpaired) electrons. The van der Waals surface area contributed by atoms with E-state index in [0.29, 0.717) is 10.2 Å². The highest BCUT2D eigenvalue weighted by atomic mass is 79.9. The number of benzene rings is 1. The molecule has 1 fully saturated rings. The van der Waals surface area contributed by atoms with Crippen molar-refractivity contribution >= 4 is 15.9 Å². The molecular weight excluding hydrogens is 263 g/mol. The second kappa shape index (κ2) is 4.39. The summed E-state index contributed by atoms with van der Waals surface area (Å²) in [5.74, 6) is 0.474. The third kappa shape index (κ3) is 2.25. The highest BCUT2D eigenvalue weighted by molar-refractivity contribution is 9.10. The van der Waals surface area contributed by atoms with E-state index in [1.807, 2.05) is 0 Å². The lowest BCUT2D eigenvalue weighted by atomic mass is 9.96. The van der Waals surface area contributed by atoms with Crippen molar-refractivity contribution in [3.05, 3.63) is 22.4 Å². The fourth-order valence-corrected chi connectivity index (χ4v) is 1.86. The first-order chi connectivity index (χ1) is 7.20. The molecule has 0 amide bonds. The second-order valence-electron chi connectivity index (χ2n) is 3.59. The van der Waals surface area contributed by atoms with Crippen molar-refractivity contribution in [2.45, 2.75) is 25.4 Å². The van der Waals surface area contributed by atoms with Gasteiger partial charge in [0.05, 0.1) is 17.7 Å². The van der Waals surface area contributed by atoms with Crippen LogP contribution in [0, 0.1) is 5.82 Å². The van der Waals surface area contributed by atoms with E-state index >= 15 is 0 Å². The Hall–Kier alpha value is -0.770. The van der Waals surface area contributed by atoms with Crippen molar-refractivity contribution < 1.29 is 13.9 Å². The summed E-state index contributed by atoms with van der Waals surface area (Å²) in [6.45, 7) is 0. The number of hydrogen-bond donors (Lipinski definition) is 0. The number of rotatable bonds is 3. The van der Waals surface area contributed by atoms with Crippen molar-refractivity contribution in [1.29, 1.82) is 0 Å². The maximum absolute atomic E-state index is 13.4. The number of halogens is 2. The lowest BCUT2D eigenvalue weighted by Gasteiger charge is -2.26. The summed E-state index contributed by atoms with van der Waals surface area (Å²) < 4.78 is 24.3. The summed E-state index contributed by atoms with van der Waals surface area (Å²) in [6, 6.07) is 3.22. The topological polar surface area (TPSA) is 18.5 Å². The zero-order valence-corrected chi connectivity index (χ0v) is 10.0. The summed E-state index contributed by atoms with van der Waals surface area (Å²) in [6.07, 6.45) is 3.66. The van der Waals surface area contributed by atoms with E-state index in [1.165, 1.54) is 13.5 Å². The minimum Gasteiger partial charge on any atom is -0.493 e. The molecule has 0 bridgehead atoms. The normalized spacial score (nSPS) is 15.9. The average Bonchev–Trinajstić information content (AvgIpc) is 2.16. The molecule has 2 rings (SSSR count). The monoisotopic (exact) mass is 274 g/mol. The van der Waals surface area contributed by atoms with Gasteiger partial charge in [0.1, 0.15) is 5.75 Å². The molecule has 0 N–H and O–H groups in total. The first-order valence-corrected chi connectivity index (χ1v) is 5.69. The molecule has 0 saturated heterocycles. The fourth-order valence-electron chi connectivity index (χ4n) is 1.44. The van der Waals surface area contributed by atoms with Crippen LogP contribution in [0.1, 0.15) is 19.3 Å². The van der Waals surface area contributed by atoms with E-state index < -0.39 is 5.82 Å². The average molecular weight is 275 g/mol. The quantitative estimate of drug-likeness (QED) is 0.840. The fraction of sp³-hybridized carbons (Fsp3) is 0.455. The highest BCUT2D eigenvalue weighted by Gasteiger charge is 2.20. The third-order valence-corrected chi connectivity index (χ3v) is 3.12. The van der Waals surface area contributed by atoms with Gasteiger partial charge in [-0.3, -0.25) is 0 Å². The van der Waals surface area contributed by atoms with Crippen molar-refractivity contribution in [2.75, 3.05) is 7.11 Å². The smallest absolute Gasteiger partial charge is 0.179 e. The molecule has 4 heteroatoms. The van der Waals surface area contributed by atoms with Crippen LogP contribution in [0.3, 0.4) is 0 Å². The SMILES string of the molecule is COc1cc(OC2CCC2)cc(Br)c1F. The van der Waals surface area contributed by atoms with Gasteiger partial charge in [-0.2, -0.15) is 0 Å². The molecule has 0 aliphatic heterocycles. The summed E-state index contributed by atoms with van der Waals surface area (Å²) in [7, 11) is 1.44. The molecule has 1 aromatic rings. The molecule has 1 aromatic carbocycles. The Morgan fingerprint density at radius 3 is 2.67 bits per heavy atom. The Bertz CT molecular complexity index is 364. The van der Waals surface area contributed by atoms with Gasteiger partial charge in [-0.05, 0) is 41.3 Å². The van der Waals surface area contributed by atoms with Gasteiger partial charge in [0.15, 0.2) is 11.6 Å². The molecule has 0 atom stereocenters. The summed E-state index contributed by atoms with van der Waals surface area (Å²) in [4.78, 5) is 0. The predicted molar refractivity (Wildman–Crippen MR) is 58.9 cm³/mol. The van der Waals surface area contributed by atoms with Gasteiger partial charge in [-0.15, -0.1) is 0 Å². The summed E-state index contributed by atoms with van der Waals surface area (Å²) >= 11 is 3.13. The van der Waals surface area contributed by atoms with E-state index in [4.69, 9.17) is 9.47 Å². The Morgan fingerprint density at radius 1 is 1.40 bits per heavy atom. The van der Waals surface area contributed by atoms with E-state index in [9.17, 15) is 4.39 Å². The molecule has 0 unspecified atom stereocenters. The Balaban J connectivity index is 2.19. The first kappa shape index (κ1) is 10.7. The Labute approximate surface area is 96.5 Å². The lowest BCUT2D eigenvalue weighted by Crippen LogP contribution is -2.24. The minimum atomic E-state index is -0.390. The van der Waals surface area contributed by atoms with Gasteiger partial charge < -0.3 is 9.47 Å². The van der Waals surface area contributed by atoms with Crippen LogP contribution in [0.2, 0.25) is 0 Å². The van der Waals surface area contributed by atoms with Gasteiger partial charge in [0, 0.05) is 6.07 Å². The zero-order chi connectivity index (χ0) is 10.8. The van der Waals surface area contributed by atoms with Crippen LogP contribution in [0.4, 0.5) is 4.39 Å². The van der Waals surface area contributed by atoms with E-state index in [1.54, 1.807) is 12.1 Å². The van der Waals surface area contributed by atoms with Crippen molar-refractivity contribution in [3.8, 4) is 11.5 Å². The number of methoxy groups -OCH3 is 1. The number of hydrogen-bond acceptors (Lipinski definition) is 2. The molecule has 1 aliphatic carbocycles. The molecule has 0 aromatic heterocycles. The minimum absolute atomic E-state index is 0.207. The van der Waals surface area contributed by atoms with Gasteiger partial charge in [-0.1, -0.05) is 0 Å². The van der Waals surface area contributed by atoms with Crippen molar-refractivity contribution in [3.63, 3.8) is 0 Å².